The Kier molecular flexibility index (Phi) is 4.10. The van der Waals surface area contributed by atoms with Crippen molar-refractivity contribution in [3.63, 3.8) is 0 Å². The summed E-state index contributed by atoms with van der Waals surface area (Å²) < 4.78 is 1.16. The molecular weight excluding hydrogens is 342 g/mol. The Hall–Kier alpha value is -2.90. The van der Waals surface area contributed by atoms with Crippen molar-refractivity contribution in [3.05, 3.63) is 71.1 Å². The van der Waals surface area contributed by atoms with E-state index in [1.807, 2.05) is 60.0 Å². The number of nitrogens with zero attached hydrogens (tertiary/aromatic N) is 1. The summed E-state index contributed by atoms with van der Waals surface area (Å²) in [5.41, 5.74) is 0.797. The molecule has 3 nitrogen and oxygen atoms in total. The van der Waals surface area contributed by atoms with Crippen LogP contribution in [0, 0.1) is 12.3 Å². The quantitative estimate of drug-likeness (QED) is 0.519. The van der Waals surface area contributed by atoms with Crippen LogP contribution in [0.4, 0.5) is 0 Å². The summed E-state index contributed by atoms with van der Waals surface area (Å²) in [7, 11) is 0. The summed E-state index contributed by atoms with van der Waals surface area (Å²) in [6.07, 6.45) is 5.94. The molecule has 26 heavy (non-hydrogen) atoms. The van der Waals surface area contributed by atoms with E-state index in [2.05, 4.69) is 5.92 Å². The van der Waals surface area contributed by atoms with Gasteiger partial charge in [-0.15, -0.1) is 23.7 Å². The van der Waals surface area contributed by atoms with Crippen LogP contribution < -0.4 is 0 Å². The van der Waals surface area contributed by atoms with E-state index in [1.165, 1.54) is 4.90 Å². The molecule has 3 aromatic rings. The van der Waals surface area contributed by atoms with Crippen LogP contribution in [0.5, 0.6) is 0 Å². The highest BCUT2D eigenvalue weighted by Crippen LogP contribution is 2.41. The molecule has 2 heterocycles. The van der Waals surface area contributed by atoms with E-state index >= 15 is 0 Å². The van der Waals surface area contributed by atoms with Gasteiger partial charge in [0.25, 0.3) is 0 Å². The molecule has 1 atom stereocenters. The van der Waals surface area contributed by atoms with Crippen LogP contribution in [0.15, 0.2) is 60.0 Å². The summed E-state index contributed by atoms with van der Waals surface area (Å²) in [5, 5.41) is 3.09. The van der Waals surface area contributed by atoms with Crippen molar-refractivity contribution in [1.82, 2.24) is 4.90 Å². The van der Waals surface area contributed by atoms with Crippen LogP contribution in [0.1, 0.15) is 24.0 Å². The third-order valence-electron chi connectivity index (χ3n) is 5.00. The first-order chi connectivity index (χ1) is 12.6. The Morgan fingerprint density at radius 2 is 1.92 bits per heavy atom. The third kappa shape index (κ3) is 2.61. The van der Waals surface area contributed by atoms with Gasteiger partial charge >= 0.3 is 0 Å². The number of rotatable bonds is 4. The lowest BCUT2D eigenvalue weighted by Gasteiger charge is -2.25. The average molecular weight is 359 g/mol. The standard InChI is InChI=1S/C22H17NO2S/c1-2-11-22(18-8-9-19-17(13-18)10-12-26-19)14-20(24)23(21(22)25)15-16-6-4-3-5-7-16/h1,3-10,12-13H,11,14-15H2. The zero-order valence-electron chi connectivity index (χ0n) is 14.1. The number of terminal acetylenes is 1. The van der Waals surface area contributed by atoms with Gasteiger partial charge < -0.3 is 0 Å². The van der Waals surface area contributed by atoms with E-state index in [9.17, 15) is 9.59 Å². The minimum absolute atomic E-state index is 0.124. The third-order valence-corrected chi connectivity index (χ3v) is 5.90. The van der Waals surface area contributed by atoms with Gasteiger partial charge in [0.2, 0.25) is 11.8 Å². The maximum absolute atomic E-state index is 13.3. The molecule has 1 aliphatic rings. The number of likely N-dealkylation sites (tertiary alicyclic amines) is 1. The minimum Gasteiger partial charge on any atom is -0.277 e. The van der Waals surface area contributed by atoms with Crippen LogP contribution in [0.3, 0.4) is 0 Å². The normalized spacial score (nSPS) is 19.9. The topological polar surface area (TPSA) is 37.4 Å². The molecule has 128 valence electrons. The van der Waals surface area contributed by atoms with Gasteiger partial charge in [0.05, 0.1) is 12.0 Å². The number of carbonyl (C=O) groups excluding carboxylic acids is 2. The molecule has 1 unspecified atom stereocenters. The number of hydrogen-bond donors (Lipinski definition) is 0. The Morgan fingerprint density at radius 1 is 1.12 bits per heavy atom. The van der Waals surface area contributed by atoms with Crippen LogP contribution in [0.2, 0.25) is 0 Å². The second-order valence-electron chi connectivity index (χ2n) is 6.58. The van der Waals surface area contributed by atoms with Crippen molar-refractivity contribution in [3.8, 4) is 12.3 Å². The van der Waals surface area contributed by atoms with Crippen molar-refractivity contribution >= 4 is 33.2 Å². The molecular formula is C22H17NO2S. The summed E-state index contributed by atoms with van der Waals surface area (Å²) in [6.45, 7) is 0.283. The molecule has 0 saturated carbocycles. The Balaban J connectivity index is 1.74. The Labute approximate surface area is 156 Å². The SMILES string of the molecule is C#CCC1(c2ccc3sccc3c2)CC(=O)N(Cc2ccccc2)C1=O. The second kappa shape index (κ2) is 6.44. The summed E-state index contributed by atoms with van der Waals surface area (Å²) >= 11 is 1.65. The van der Waals surface area contributed by atoms with Gasteiger partial charge in [0.1, 0.15) is 0 Å². The first-order valence-electron chi connectivity index (χ1n) is 8.44. The van der Waals surface area contributed by atoms with Gasteiger partial charge in [0, 0.05) is 17.5 Å². The number of amides is 2. The van der Waals surface area contributed by atoms with Crippen molar-refractivity contribution in [2.45, 2.75) is 24.8 Å². The molecule has 4 rings (SSSR count). The molecule has 0 N–H and O–H groups in total. The van der Waals surface area contributed by atoms with Gasteiger partial charge in [-0.05, 0) is 40.1 Å². The lowest BCUT2D eigenvalue weighted by atomic mass is 9.76. The second-order valence-corrected chi connectivity index (χ2v) is 7.53. The van der Waals surface area contributed by atoms with E-state index in [1.54, 1.807) is 11.3 Å². The van der Waals surface area contributed by atoms with Crippen LogP contribution in [-0.4, -0.2) is 16.7 Å². The van der Waals surface area contributed by atoms with Gasteiger partial charge in [0.15, 0.2) is 0 Å². The number of thiophene rings is 1. The van der Waals surface area contributed by atoms with E-state index in [0.29, 0.717) is 0 Å². The van der Waals surface area contributed by atoms with Crippen molar-refractivity contribution in [1.29, 1.82) is 0 Å². The van der Waals surface area contributed by atoms with Gasteiger partial charge in [-0.25, -0.2) is 0 Å². The van der Waals surface area contributed by atoms with E-state index < -0.39 is 5.41 Å². The zero-order valence-corrected chi connectivity index (χ0v) is 15.0. The summed E-state index contributed by atoms with van der Waals surface area (Å²) in [4.78, 5) is 27.4. The number of benzene rings is 2. The lowest BCUT2D eigenvalue weighted by Crippen LogP contribution is -2.38. The number of carbonyl (C=O) groups is 2. The van der Waals surface area contributed by atoms with E-state index in [-0.39, 0.29) is 31.2 Å². The predicted octanol–water partition coefficient (Wildman–Crippen LogP) is 4.12. The van der Waals surface area contributed by atoms with Crippen LogP contribution >= 0.6 is 11.3 Å². The summed E-state index contributed by atoms with van der Waals surface area (Å²) in [5.74, 6) is 2.27. The zero-order chi connectivity index (χ0) is 18.1. The fourth-order valence-electron chi connectivity index (χ4n) is 3.63. The largest absolute Gasteiger partial charge is 0.277 e. The van der Waals surface area contributed by atoms with E-state index in [4.69, 9.17) is 6.42 Å². The van der Waals surface area contributed by atoms with Crippen LogP contribution in [-0.2, 0) is 21.5 Å². The molecule has 2 aromatic carbocycles. The Morgan fingerprint density at radius 3 is 2.69 bits per heavy atom. The number of fused-ring (bicyclic) bond motifs is 1. The van der Waals surface area contributed by atoms with Crippen molar-refractivity contribution < 1.29 is 9.59 Å². The molecule has 1 saturated heterocycles. The molecule has 0 radical (unpaired) electrons. The monoisotopic (exact) mass is 359 g/mol. The highest BCUT2D eigenvalue weighted by atomic mass is 32.1. The molecule has 0 spiro atoms. The highest BCUT2D eigenvalue weighted by molar-refractivity contribution is 7.17. The fraction of sp³-hybridized carbons (Fsp3) is 0.182. The molecule has 1 aromatic heterocycles. The smallest absolute Gasteiger partial charge is 0.241 e. The minimum atomic E-state index is -0.962. The number of imide groups is 1. The van der Waals surface area contributed by atoms with E-state index in [0.717, 1.165) is 21.2 Å². The van der Waals surface area contributed by atoms with Crippen molar-refractivity contribution in [2.75, 3.05) is 0 Å². The lowest BCUT2D eigenvalue weighted by molar-refractivity contribution is -0.140. The van der Waals surface area contributed by atoms with Gasteiger partial charge in [-0.3, -0.25) is 14.5 Å². The first-order valence-corrected chi connectivity index (χ1v) is 9.32. The summed E-state index contributed by atoms with van der Waals surface area (Å²) in [6, 6.07) is 17.5. The van der Waals surface area contributed by atoms with Crippen LogP contribution in [0.25, 0.3) is 10.1 Å². The van der Waals surface area contributed by atoms with Gasteiger partial charge in [-0.1, -0.05) is 36.4 Å². The molecule has 1 aliphatic heterocycles. The number of hydrogen-bond acceptors (Lipinski definition) is 3. The average Bonchev–Trinajstić information content (AvgIpc) is 3.21. The highest BCUT2D eigenvalue weighted by Gasteiger charge is 2.52. The molecule has 4 heteroatoms. The maximum Gasteiger partial charge on any atom is 0.241 e. The van der Waals surface area contributed by atoms with Crippen molar-refractivity contribution in [2.24, 2.45) is 0 Å². The first kappa shape index (κ1) is 16.6. The maximum atomic E-state index is 13.3. The molecule has 0 bridgehead atoms. The van der Waals surface area contributed by atoms with Gasteiger partial charge in [-0.2, -0.15) is 0 Å². The predicted molar refractivity (Wildman–Crippen MR) is 104 cm³/mol. The molecule has 0 aliphatic carbocycles. The molecule has 2 amide bonds. The molecule has 1 fully saturated rings. The Bertz CT molecular complexity index is 1030. The fourth-order valence-corrected chi connectivity index (χ4v) is 4.40.